The van der Waals surface area contributed by atoms with Crippen LogP contribution in [0, 0.1) is 5.92 Å². The molecule has 1 aromatic carbocycles. The summed E-state index contributed by atoms with van der Waals surface area (Å²) in [5.74, 6) is 1.13. The van der Waals surface area contributed by atoms with E-state index >= 15 is 0 Å². The molecule has 1 amide bonds. The summed E-state index contributed by atoms with van der Waals surface area (Å²) in [5.41, 5.74) is 2.38. The number of carbonyl (C=O) groups is 1. The average Bonchev–Trinajstić information content (AvgIpc) is 2.89. The number of hydrogen-bond donors (Lipinski definition) is 0. The van der Waals surface area contributed by atoms with Gasteiger partial charge in [0.2, 0.25) is 0 Å². The van der Waals surface area contributed by atoms with Crippen LogP contribution in [0.25, 0.3) is 6.08 Å². The Morgan fingerprint density at radius 2 is 1.86 bits per heavy atom. The standard InChI is InChI=1S/C19H25NO2/c1-19(2,3)22-18(21)20-12-10-15(11-13-20)17-9-8-14-6-4-5-7-16(14)17/h4-9,15,17H,10-13H2,1-3H3. The number of allylic oxidation sites excluding steroid dienone is 1. The minimum absolute atomic E-state index is 0.173. The van der Waals surface area contributed by atoms with E-state index in [1.165, 1.54) is 11.1 Å². The van der Waals surface area contributed by atoms with Crippen molar-refractivity contribution in [3.05, 3.63) is 41.5 Å². The number of fused-ring (bicyclic) bond motifs is 1. The molecule has 1 saturated heterocycles. The van der Waals surface area contributed by atoms with Gasteiger partial charge in [0, 0.05) is 19.0 Å². The van der Waals surface area contributed by atoms with Gasteiger partial charge in [-0.15, -0.1) is 0 Å². The summed E-state index contributed by atoms with van der Waals surface area (Å²) in [6.07, 6.45) is 6.48. The smallest absolute Gasteiger partial charge is 0.410 e. The maximum Gasteiger partial charge on any atom is 0.410 e. The van der Waals surface area contributed by atoms with E-state index in [-0.39, 0.29) is 6.09 Å². The molecular formula is C19H25NO2. The normalized spacial score (nSPS) is 21.8. The molecular weight excluding hydrogens is 274 g/mol. The van der Waals surface area contributed by atoms with Crippen molar-refractivity contribution in [1.29, 1.82) is 0 Å². The van der Waals surface area contributed by atoms with Gasteiger partial charge in [0.1, 0.15) is 5.60 Å². The van der Waals surface area contributed by atoms with E-state index in [1.54, 1.807) is 0 Å². The summed E-state index contributed by atoms with van der Waals surface area (Å²) in [5, 5.41) is 0. The molecule has 2 aliphatic rings. The zero-order chi connectivity index (χ0) is 15.7. The monoisotopic (exact) mass is 299 g/mol. The third kappa shape index (κ3) is 3.18. The van der Waals surface area contributed by atoms with E-state index in [2.05, 4.69) is 36.4 Å². The maximum absolute atomic E-state index is 12.1. The van der Waals surface area contributed by atoms with E-state index in [9.17, 15) is 4.79 Å². The molecule has 1 heterocycles. The third-order valence-corrected chi connectivity index (χ3v) is 4.54. The average molecular weight is 299 g/mol. The van der Waals surface area contributed by atoms with Crippen LogP contribution in [0.3, 0.4) is 0 Å². The van der Waals surface area contributed by atoms with E-state index in [1.807, 2.05) is 25.7 Å². The highest BCUT2D eigenvalue weighted by Gasteiger charge is 2.32. The topological polar surface area (TPSA) is 29.5 Å². The Balaban J connectivity index is 1.59. The molecule has 0 bridgehead atoms. The van der Waals surface area contributed by atoms with Crippen LogP contribution in [-0.2, 0) is 4.74 Å². The first-order valence-corrected chi connectivity index (χ1v) is 8.19. The predicted molar refractivity (Wildman–Crippen MR) is 88.7 cm³/mol. The number of carbonyl (C=O) groups excluding carboxylic acids is 1. The van der Waals surface area contributed by atoms with Gasteiger partial charge in [-0.25, -0.2) is 4.79 Å². The van der Waals surface area contributed by atoms with Crippen molar-refractivity contribution >= 4 is 12.2 Å². The largest absolute Gasteiger partial charge is 0.444 e. The van der Waals surface area contributed by atoms with Gasteiger partial charge in [0.15, 0.2) is 0 Å². The molecule has 1 aliphatic carbocycles. The fourth-order valence-corrected chi connectivity index (χ4v) is 3.46. The van der Waals surface area contributed by atoms with Crippen LogP contribution in [0.2, 0.25) is 0 Å². The maximum atomic E-state index is 12.1. The zero-order valence-electron chi connectivity index (χ0n) is 13.7. The molecule has 3 heteroatoms. The van der Waals surface area contributed by atoms with Crippen molar-refractivity contribution in [2.45, 2.75) is 45.1 Å². The lowest BCUT2D eigenvalue weighted by Crippen LogP contribution is -2.42. The van der Waals surface area contributed by atoms with Crippen molar-refractivity contribution < 1.29 is 9.53 Å². The first-order valence-electron chi connectivity index (χ1n) is 8.19. The van der Waals surface area contributed by atoms with Crippen LogP contribution in [-0.4, -0.2) is 29.7 Å². The first kappa shape index (κ1) is 15.1. The molecule has 3 rings (SSSR count). The highest BCUT2D eigenvalue weighted by Crippen LogP contribution is 2.40. The summed E-state index contributed by atoms with van der Waals surface area (Å²) in [6, 6.07) is 8.63. The van der Waals surface area contributed by atoms with Crippen LogP contribution >= 0.6 is 0 Å². The lowest BCUT2D eigenvalue weighted by Gasteiger charge is -2.35. The number of ether oxygens (including phenoxy) is 1. The number of amides is 1. The fourth-order valence-electron chi connectivity index (χ4n) is 3.46. The lowest BCUT2D eigenvalue weighted by atomic mass is 9.81. The van der Waals surface area contributed by atoms with Gasteiger partial charge in [-0.2, -0.15) is 0 Å². The summed E-state index contributed by atoms with van der Waals surface area (Å²) < 4.78 is 5.47. The molecule has 0 radical (unpaired) electrons. The van der Waals surface area contributed by atoms with Crippen molar-refractivity contribution in [3.63, 3.8) is 0 Å². The Kier molecular flexibility index (Phi) is 3.98. The first-order chi connectivity index (χ1) is 10.4. The van der Waals surface area contributed by atoms with Crippen LogP contribution < -0.4 is 0 Å². The van der Waals surface area contributed by atoms with Gasteiger partial charge in [0.05, 0.1) is 0 Å². The second-order valence-corrected chi connectivity index (χ2v) is 7.32. The minimum atomic E-state index is -0.416. The molecule has 0 aromatic heterocycles. The Bertz CT molecular complexity index is 577. The van der Waals surface area contributed by atoms with E-state index in [0.717, 1.165) is 25.9 Å². The quantitative estimate of drug-likeness (QED) is 0.767. The molecule has 0 saturated carbocycles. The number of hydrogen-bond acceptors (Lipinski definition) is 2. The Hall–Kier alpha value is -1.77. The van der Waals surface area contributed by atoms with Crippen LogP contribution in [0.5, 0.6) is 0 Å². The molecule has 0 spiro atoms. The molecule has 1 unspecified atom stereocenters. The Labute approximate surface area is 133 Å². The highest BCUT2D eigenvalue weighted by atomic mass is 16.6. The van der Waals surface area contributed by atoms with Crippen molar-refractivity contribution in [2.75, 3.05) is 13.1 Å². The summed E-state index contributed by atoms with van der Waals surface area (Å²) in [6.45, 7) is 7.34. The van der Waals surface area contributed by atoms with Gasteiger partial charge in [-0.3, -0.25) is 0 Å². The molecule has 118 valence electrons. The van der Waals surface area contributed by atoms with Crippen LogP contribution in [0.1, 0.15) is 50.7 Å². The molecule has 22 heavy (non-hydrogen) atoms. The highest BCUT2D eigenvalue weighted by molar-refractivity contribution is 5.68. The SMILES string of the molecule is CC(C)(C)OC(=O)N1CCC(C2C=Cc3ccccc32)CC1. The second-order valence-electron chi connectivity index (χ2n) is 7.32. The zero-order valence-corrected chi connectivity index (χ0v) is 13.7. The van der Waals surface area contributed by atoms with E-state index in [4.69, 9.17) is 4.74 Å². The van der Waals surface area contributed by atoms with E-state index in [0.29, 0.717) is 11.8 Å². The van der Waals surface area contributed by atoms with Gasteiger partial charge in [-0.1, -0.05) is 36.4 Å². The van der Waals surface area contributed by atoms with Gasteiger partial charge >= 0.3 is 6.09 Å². The minimum Gasteiger partial charge on any atom is -0.444 e. The number of benzene rings is 1. The van der Waals surface area contributed by atoms with Gasteiger partial charge in [-0.05, 0) is 50.7 Å². The summed E-state index contributed by atoms with van der Waals surface area (Å²) in [4.78, 5) is 14.0. The Morgan fingerprint density at radius 1 is 1.18 bits per heavy atom. The number of rotatable bonds is 1. The summed E-state index contributed by atoms with van der Waals surface area (Å²) >= 11 is 0. The molecule has 1 fully saturated rings. The summed E-state index contributed by atoms with van der Waals surface area (Å²) in [7, 11) is 0. The molecule has 1 aromatic rings. The molecule has 1 aliphatic heterocycles. The van der Waals surface area contributed by atoms with Crippen LogP contribution in [0.15, 0.2) is 30.3 Å². The van der Waals surface area contributed by atoms with Gasteiger partial charge < -0.3 is 9.64 Å². The number of nitrogens with zero attached hydrogens (tertiary/aromatic N) is 1. The molecule has 3 nitrogen and oxygen atoms in total. The fraction of sp³-hybridized carbons (Fsp3) is 0.526. The molecule has 1 atom stereocenters. The van der Waals surface area contributed by atoms with Gasteiger partial charge in [0.25, 0.3) is 0 Å². The van der Waals surface area contributed by atoms with Crippen molar-refractivity contribution in [3.8, 4) is 0 Å². The number of piperidine rings is 1. The number of likely N-dealkylation sites (tertiary alicyclic amines) is 1. The Morgan fingerprint density at radius 3 is 2.55 bits per heavy atom. The van der Waals surface area contributed by atoms with Crippen molar-refractivity contribution in [1.82, 2.24) is 4.90 Å². The second kappa shape index (κ2) is 5.79. The third-order valence-electron chi connectivity index (χ3n) is 4.54. The molecule has 0 N–H and O–H groups in total. The van der Waals surface area contributed by atoms with E-state index < -0.39 is 5.60 Å². The van der Waals surface area contributed by atoms with Crippen LogP contribution in [0.4, 0.5) is 4.79 Å². The predicted octanol–water partition coefficient (Wildman–Crippen LogP) is 4.44. The van der Waals surface area contributed by atoms with Crippen molar-refractivity contribution in [2.24, 2.45) is 5.92 Å². The lowest BCUT2D eigenvalue weighted by molar-refractivity contribution is 0.0179.